The van der Waals surface area contributed by atoms with Crippen molar-refractivity contribution in [1.29, 1.82) is 0 Å². The van der Waals surface area contributed by atoms with E-state index in [0.29, 0.717) is 41.5 Å². The number of nitrogens with one attached hydrogen (secondary N) is 3. The van der Waals surface area contributed by atoms with Crippen LogP contribution in [0.1, 0.15) is 96.2 Å². The Morgan fingerprint density at radius 1 is 1.19 bits per heavy atom. The largest absolute Gasteiger partial charge is 0.350 e. The fourth-order valence-electron chi connectivity index (χ4n) is 4.59. The zero-order chi connectivity index (χ0) is 30.5. The van der Waals surface area contributed by atoms with Crippen molar-refractivity contribution < 1.29 is 19.2 Å². The van der Waals surface area contributed by atoms with Gasteiger partial charge < -0.3 is 16.0 Å². The second-order valence-corrected chi connectivity index (χ2v) is 14.5. The van der Waals surface area contributed by atoms with Gasteiger partial charge in [0.25, 0.3) is 0 Å². The van der Waals surface area contributed by atoms with Gasteiger partial charge in [-0.05, 0) is 32.1 Å². The summed E-state index contributed by atoms with van der Waals surface area (Å²) in [7, 11) is 0. The van der Waals surface area contributed by atoms with Gasteiger partial charge in [-0.15, -0.1) is 23.1 Å². The van der Waals surface area contributed by atoms with E-state index in [1.54, 1.807) is 6.92 Å². The number of allylic oxidation sites excluding steroid dienone is 1. The Labute approximate surface area is 262 Å². The van der Waals surface area contributed by atoms with Crippen molar-refractivity contribution in [3.63, 3.8) is 0 Å². The molecule has 3 rings (SSSR count). The van der Waals surface area contributed by atoms with Crippen LogP contribution < -0.4 is 16.0 Å². The number of fused-ring (bicyclic) bond motifs is 4. The maximum Gasteiger partial charge on any atom is 0.249 e. The van der Waals surface area contributed by atoms with Gasteiger partial charge in [0, 0.05) is 23.3 Å². The molecule has 232 valence electrons. The van der Waals surface area contributed by atoms with E-state index >= 15 is 0 Å². The van der Waals surface area contributed by atoms with Crippen LogP contribution in [0.25, 0.3) is 0 Å². The number of thioether (sulfide) groups is 2. The molecule has 12 heteroatoms. The predicted octanol–water partition coefficient (Wildman–Crippen LogP) is 5.00. The summed E-state index contributed by atoms with van der Waals surface area (Å²) in [5, 5.41) is 12.4. The molecule has 3 N–H and O–H groups in total. The van der Waals surface area contributed by atoms with Crippen molar-refractivity contribution in [3.8, 4) is 0 Å². The zero-order valence-corrected chi connectivity index (χ0v) is 27.7. The fraction of sp³-hybridized carbons (Fsp3) is 0.667. The summed E-state index contributed by atoms with van der Waals surface area (Å²) in [5.74, 6) is 0.410. The van der Waals surface area contributed by atoms with Crippen LogP contribution in [0.15, 0.2) is 22.5 Å². The highest BCUT2D eigenvalue weighted by Gasteiger charge is 2.41. The molecule has 0 fully saturated rings. The lowest BCUT2D eigenvalue weighted by Crippen LogP contribution is -2.55. The highest BCUT2D eigenvalue weighted by Crippen LogP contribution is 2.32. The molecule has 9 nitrogen and oxygen atoms in total. The zero-order valence-electron chi connectivity index (χ0n) is 25.2. The van der Waals surface area contributed by atoms with Crippen molar-refractivity contribution in [2.75, 3.05) is 11.5 Å². The number of rotatable bonds is 12. The number of amides is 3. The average molecular weight is 636 g/mol. The molecule has 0 aromatic carbocycles. The minimum absolute atomic E-state index is 0.0485. The Hall–Kier alpha value is -2.18. The van der Waals surface area contributed by atoms with Crippen molar-refractivity contribution in [3.05, 3.63) is 28.2 Å². The summed E-state index contributed by atoms with van der Waals surface area (Å²) in [6.07, 6.45) is 11.1. The molecule has 42 heavy (non-hydrogen) atoms. The molecular formula is C30H45N5O4S3. The summed E-state index contributed by atoms with van der Waals surface area (Å²) in [5.41, 5.74) is -0.308. The Balaban J connectivity index is 1.68. The molecule has 0 saturated carbocycles. The quantitative estimate of drug-likeness (QED) is 0.218. The summed E-state index contributed by atoms with van der Waals surface area (Å²) in [6, 6.07) is -1.33. The van der Waals surface area contributed by atoms with Gasteiger partial charge in [0.15, 0.2) is 5.12 Å². The van der Waals surface area contributed by atoms with Gasteiger partial charge in [-0.25, -0.2) is 4.98 Å². The number of carbonyl (C=O) groups is 4. The van der Waals surface area contributed by atoms with E-state index in [4.69, 9.17) is 4.99 Å². The molecule has 3 heterocycles. The molecule has 0 spiro atoms. The standard InChI is InChI=1S/C30H45N5O4S3/c1-5-6-7-8-9-13-26(37)40-14-11-10-12-21-16-24(36)31-17-25-33-23(18-41-25)28-35-30(4,19-42-28)29(39)34-22(15-20(2)3)27(38)32-21/h10,12,18,20-22H,5-9,11,13-17,19H2,1-4H3,(H,31,36)(H,32,38)(H,34,39)/b12-10+/t21-,22+,30+/m1/s1. The maximum atomic E-state index is 13.5. The van der Waals surface area contributed by atoms with Crippen molar-refractivity contribution >= 4 is 62.7 Å². The number of aliphatic imine (C=N–C) groups is 1. The van der Waals surface area contributed by atoms with Gasteiger partial charge in [0.2, 0.25) is 17.7 Å². The van der Waals surface area contributed by atoms with Crippen LogP contribution >= 0.6 is 34.9 Å². The average Bonchev–Trinajstić information content (AvgIpc) is 3.58. The van der Waals surface area contributed by atoms with Crippen LogP contribution in [0.3, 0.4) is 0 Å². The topological polar surface area (TPSA) is 130 Å². The van der Waals surface area contributed by atoms with Gasteiger partial charge >= 0.3 is 0 Å². The first-order valence-electron chi connectivity index (χ1n) is 15.0. The second-order valence-electron chi connectivity index (χ2n) is 11.5. The molecule has 2 aliphatic heterocycles. The van der Waals surface area contributed by atoms with Crippen LogP contribution in [0.2, 0.25) is 0 Å². The monoisotopic (exact) mass is 635 g/mol. The van der Waals surface area contributed by atoms with Crippen molar-refractivity contribution in [2.45, 2.75) is 110 Å². The van der Waals surface area contributed by atoms with E-state index in [9.17, 15) is 19.2 Å². The molecule has 1 aromatic rings. The molecule has 4 bridgehead atoms. The third-order valence-electron chi connectivity index (χ3n) is 7.00. The highest BCUT2D eigenvalue weighted by atomic mass is 32.2. The summed E-state index contributed by atoms with van der Waals surface area (Å²) in [6.45, 7) is 8.23. The minimum atomic E-state index is -1.01. The maximum absolute atomic E-state index is 13.5. The highest BCUT2D eigenvalue weighted by molar-refractivity contribution is 8.14. The van der Waals surface area contributed by atoms with E-state index in [1.807, 2.05) is 31.4 Å². The molecule has 0 saturated heterocycles. The smallest absolute Gasteiger partial charge is 0.249 e. The third-order valence-corrected chi connectivity index (χ3v) is 10.1. The lowest BCUT2D eigenvalue weighted by atomic mass is 9.99. The van der Waals surface area contributed by atoms with E-state index < -0.39 is 17.6 Å². The lowest BCUT2D eigenvalue weighted by molar-refractivity contribution is -0.131. The number of carbonyl (C=O) groups excluding carboxylic acids is 4. The molecule has 3 atom stereocenters. The SMILES string of the molecule is CCCCCCCC(=O)SCC/C=C/[C@@H]1CC(=O)NCc2nc(cs2)C2=N[C@@](C)(CS2)C(=O)N[C@@H](CC(C)C)C(=O)N1. The first-order chi connectivity index (χ1) is 20.1. The number of unbranched alkanes of at least 4 members (excludes halogenated alkanes) is 4. The molecule has 0 radical (unpaired) electrons. The number of thiazole rings is 1. The normalized spacial score (nSPS) is 23.5. The number of hydrogen-bond acceptors (Lipinski definition) is 9. The predicted molar refractivity (Wildman–Crippen MR) is 174 cm³/mol. The Morgan fingerprint density at radius 3 is 2.74 bits per heavy atom. The number of aromatic nitrogens is 1. The summed E-state index contributed by atoms with van der Waals surface area (Å²) < 4.78 is 0. The molecule has 0 unspecified atom stereocenters. The summed E-state index contributed by atoms with van der Waals surface area (Å²) in [4.78, 5) is 61.2. The first-order valence-corrected chi connectivity index (χ1v) is 17.8. The molecule has 2 aliphatic rings. The van der Waals surface area contributed by atoms with Crippen LogP contribution in [0.5, 0.6) is 0 Å². The van der Waals surface area contributed by atoms with Crippen molar-refractivity contribution in [1.82, 2.24) is 20.9 Å². The molecular weight excluding hydrogens is 591 g/mol. The molecule has 1 aromatic heterocycles. The van der Waals surface area contributed by atoms with Gasteiger partial charge in [-0.3, -0.25) is 24.2 Å². The van der Waals surface area contributed by atoms with Gasteiger partial charge in [-0.2, -0.15) is 0 Å². The van der Waals surface area contributed by atoms with E-state index in [0.717, 1.165) is 17.8 Å². The van der Waals surface area contributed by atoms with Crippen LogP contribution in [0.4, 0.5) is 0 Å². The van der Waals surface area contributed by atoms with Gasteiger partial charge in [0.1, 0.15) is 27.3 Å². The third kappa shape index (κ3) is 11.1. The Morgan fingerprint density at radius 2 is 1.98 bits per heavy atom. The van der Waals surface area contributed by atoms with E-state index in [-0.39, 0.29) is 41.7 Å². The second kappa shape index (κ2) is 17.2. The fourth-order valence-corrected chi connectivity index (χ4v) is 7.29. The van der Waals surface area contributed by atoms with E-state index in [2.05, 4.69) is 27.9 Å². The van der Waals surface area contributed by atoms with Crippen LogP contribution in [-0.4, -0.2) is 62.0 Å². The Kier molecular flexibility index (Phi) is 14.1. The van der Waals surface area contributed by atoms with Crippen LogP contribution in [0, 0.1) is 5.92 Å². The molecule has 3 amide bonds. The van der Waals surface area contributed by atoms with E-state index in [1.165, 1.54) is 54.1 Å². The number of nitrogens with zero attached hydrogens (tertiary/aromatic N) is 2. The Bertz CT molecular complexity index is 1150. The first kappa shape index (κ1) is 34.3. The lowest BCUT2D eigenvalue weighted by Gasteiger charge is -2.26. The minimum Gasteiger partial charge on any atom is -0.350 e. The summed E-state index contributed by atoms with van der Waals surface area (Å²) >= 11 is 4.24. The van der Waals surface area contributed by atoms with Gasteiger partial charge in [0.05, 0.1) is 19.0 Å². The van der Waals surface area contributed by atoms with Crippen LogP contribution in [-0.2, 0) is 25.7 Å². The van der Waals surface area contributed by atoms with Crippen molar-refractivity contribution in [2.24, 2.45) is 10.9 Å². The van der Waals surface area contributed by atoms with Gasteiger partial charge in [-0.1, -0.05) is 70.4 Å². The number of hydrogen-bond donors (Lipinski definition) is 3. The molecule has 0 aliphatic carbocycles.